The van der Waals surface area contributed by atoms with E-state index in [0.29, 0.717) is 24.7 Å². The van der Waals surface area contributed by atoms with Gasteiger partial charge in [-0.15, -0.1) is 0 Å². The third-order valence-corrected chi connectivity index (χ3v) is 6.83. The van der Waals surface area contributed by atoms with Crippen molar-refractivity contribution >= 4 is 11.8 Å². The average Bonchev–Trinajstić information content (AvgIpc) is 3.35. The van der Waals surface area contributed by atoms with Crippen LogP contribution < -0.4 is 5.32 Å². The Morgan fingerprint density at radius 2 is 1.71 bits per heavy atom. The molecule has 4 rings (SSSR count). The van der Waals surface area contributed by atoms with Gasteiger partial charge < -0.3 is 14.6 Å². The molecule has 2 saturated heterocycles. The van der Waals surface area contributed by atoms with Crippen molar-refractivity contribution in [3.05, 3.63) is 24.2 Å². The van der Waals surface area contributed by atoms with E-state index < -0.39 is 0 Å². The second-order valence-electron chi connectivity index (χ2n) is 8.71. The molecule has 1 atom stereocenters. The smallest absolute Gasteiger partial charge is 0.257 e. The summed E-state index contributed by atoms with van der Waals surface area (Å²) in [6.07, 6.45) is 13.7. The summed E-state index contributed by atoms with van der Waals surface area (Å²) in [5.74, 6) is 0.214. The van der Waals surface area contributed by atoms with Crippen LogP contribution in [0.15, 0.2) is 23.0 Å². The molecule has 6 nitrogen and oxygen atoms in total. The number of rotatable bonds is 4. The van der Waals surface area contributed by atoms with Gasteiger partial charge in [0.2, 0.25) is 5.91 Å². The van der Waals surface area contributed by atoms with Crippen LogP contribution in [0.4, 0.5) is 0 Å². The fourth-order valence-electron chi connectivity index (χ4n) is 5.09. The lowest BCUT2D eigenvalue weighted by Gasteiger charge is -2.32. The van der Waals surface area contributed by atoms with Crippen LogP contribution in [0.25, 0.3) is 0 Å². The lowest BCUT2D eigenvalue weighted by Crippen LogP contribution is -2.46. The van der Waals surface area contributed by atoms with Crippen LogP contribution in [0.5, 0.6) is 0 Å². The summed E-state index contributed by atoms with van der Waals surface area (Å²) in [6, 6.07) is 2.71. The van der Waals surface area contributed by atoms with E-state index in [9.17, 15) is 9.59 Å². The van der Waals surface area contributed by atoms with Gasteiger partial charge in [-0.25, -0.2) is 0 Å². The number of likely N-dealkylation sites (tertiary alicyclic amines) is 2. The van der Waals surface area contributed by atoms with Gasteiger partial charge in [-0.05, 0) is 38.2 Å². The van der Waals surface area contributed by atoms with Crippen LogP contribution in [0.1, 0.15) is 68.1 Å². The normalized spacial score (nSPS) is 25.6. The van der Waals surface area contributed by atoms with Crippen molar-refractivity contribution in [1.82, 2.24) is 15.1 Å². The summed E-state index contributed by atoms with van der Waals surface area (Å²) >= 11 is 0. The minimum absolute atomic E-state index is 0.00226. The van der Waals surface area contributed by atoms with Gasteiger partial charge in [0.25, 0.3) is 5.91 Å². The Hall–Kier alpha value is -1.82. The maximum atomic E-state index is 12.7. The third kappa shape index (κ3) is 4.59. The Bertz CT molecular complexity index is 644. The first-order chi connectivity index (χ1) is 13.7. The number of hydrogen-bond donors (Lipinski definition) is 1. The van der Waals surface area contributed by atoms with Crippen molar-refractivity contribution < 1.29 is 14.0 Å². The minimum Gasteiger partial charge on any atom is -0.472 e. The molecule has 1 aromatic rings. The molecule has 3 heterocycles. The molecule has 0 spiro atoms. The molecule has 0 aromatic carbocycles. The maximum Gasteiger partial charge on any atom is 0.257 e. The first-order valence-corrected chi connectivity index (χ1v) is 11.1. The second-order valence-corrected chi connectivity index (χ2v) is 8.71. The predicted molar refractivity (Wildman–Crippen MR) is 107 cm³/mol. The molecule has 1 N–H and O–H groups in total. The molecule has 3 aliphatic rings. The molecule has 1 aromatic heterocycles. The van der Waals surface area contributed by atoms with E-state index >= 15 is 0 Å². The Labute approximate surface area is 167 Å². The van der Waals surface area contributed by atoms with Crippen molar-refractivity contribution in [3.8, 4) is 0 Å². The third-order valence-electron chi connectivity index (χ3n) is 6.83. The number of nitrogens with zero attached hydrogens (tertiary/aromatic N) is 2. The molecule has 1 saturated carbocycles. The molecule has 2 amide bonds. The fraction of sp³-hybridized carbons (Fsp3) is 0.727. The van der Waals surface area contributed by atoms with Gasteiger partial charge in [0.1, 0.15) is 6.26 Å². The highest BCUT2D eigenvalue weighted by Gasteiger charge is 2.32. The fourth-order valence-corrected chi connectivity index (χ4v) is 5.09. The number of furan rings is 1. The number of carbonyl (C=O) groups is 2. The van der Waals surface area contributed by atoms with Crippen molar-refractivity contribution in [3.63, 3.8) is 0 Å². The zero-order valence-corrected chi connectivity index (χ0v) is 16.8. The lowest BCUT2D eigenvalue weighted by atomic mass is 9.95. The summed E-state index contributed by atoms with van der Waals surface area (Å²) in [6.45, 7) is 3.41. The van der Waals surface area contributed by atoms with E-state index in [1.165, 1.54) is 51.1 Å². The SMILES string of the molecule is O=C(NC1CCN(C2CCCCCC2)C1)C1CCN(C(=O)c2ccoc2)CC1. The Morgan fingerprint density at radius 3 is 2.39 bits per heavy atom. The predicted octanol–water partition coefficient (Wildman–Crippen LogP) is 3.05. The van der Waals surface area contributed by atoms with Gasteiger partial charge in [-0.3, -0.25) is 14.5 Å². The molecule has 0 radical (unpaired) electrons. The zero-order chi connectivity index (χ0) is 19.3. The summed E-state index contributed by atoms with van der Waals surface area (Å²) in [5.41, 5.74) is 0.590. The Kier molecular flexibility index (Phi) is 6.35. The first-order valence-electron chi connectivity index (χ1n) is 11.1. The van der Waals surface area contributed by atoms with E-state index in [2.05, 4.69) is 10.2 Å². The van der Waals surface area contributed by atoms with Gasteiger partial charge in [0.15, 0.2) is 0 Å². The van der Waals surface area contributed by atoms with E-state index in [-0.39, 0.29) is 17.7 Å². The van der Waals surface area contributed by atoms with E-state index in [4.69, 9.17) is 4.42 Å². The average molecular weight is 388 g/mol. The van der Waals surface area contributed by atoms with Crippen LogP contribution >= 0.6 is 0 Å². The van der Waals surface area contributed by atoms with Gasteiger partial charge in [0, 0.05) is 44.2 Å². The summed E-state index contributed by atoms with van der Waals surface area (Å²) in [4.78, 5) is 29.6. The van der Waals surface area contributed by atoms with Gasteiger partial charge in [0.05, 0.1) is 11.8 Å². The van der Waals surface area contributed by atoms with Gasteiger partial charge >= 0.3 is 0 Å². The maximum absolute atomic E-state index is 12.7. The van der Waals surface area contributed by atoms with E-state index in [1.54, 1.807) is 6.07 Å². The molecule has 2 aliphatic heterocycles. The highest BCUT2D eigenvalue weighted by atomic mass is 16.3. The topological polar surface area (TPSA) is 65.8 Å². The van der Waals surface area contributed by atoms with Crippen molar-refractivity contribution in [2.75, 3.05) is 26.2 Å². The summed E-state index contributed by atoms with van der Waals surface area (Å²) in [7, 11) is 0. The number of carbonyl (C=O) groups excluding carboxylic acids is 2. The van der Waals surface area contributed by atoms with E-state index in [0.717, 1.165) is 38.4 Å². The van der Waals surface area contributed by atoms with E-state index in [1.807, 2.05) is 4.90 Å². The van der Waals surface area contributed by atoms with Crippen LogP contribution in [0, 0.1) is 5.92 Å². The quantitative estimate of drug-likeness (QED) is 0.807. The number of amides is 2. The minimum atomic E-state index is 0.00226. The Morgan fingerprint density at radius 1 is 0.964 bits per heavy atom. The number of nitrogens with one attached hydrogen (secondary N) is 1. The first kappa shape index (κ1) is 19.5. The number of hydrogen-bond acceptors (Lipinski definition) is 4. The molecule has 28 heavy (non-hydrogen) atoms. The second kappa shape index (κ2) is 9.12. The number of piperidine rings is 1. The highest BCUT2D eigenvalue weighted by Crippen LogP contribution is 2.26. The zero-order valence-electron chi connectivity index (χ0n) is 16.8. The van der Waals surface area contributed by atoms with Gasteiger partial charge in [-0.2, -0.15) is 0 Å². The lowest BCUT2D eigenvalue weighted by molar-refractivity contribution is -0.126. The highest BCUT2D eigenvalue weighted by molar-refractivity contribution is 5.94. The molecule has 3 fully saturated rings. The molecule has 6 heteroatoms. The van der Waals surface area contributed by atoms with Crippen molar-refractivity contribution in [2.45, 2.75) is 69.9 Å². The van der Waals surface area contributed by atoms with Crippen LogP contribution in [0.2, 0.25) is 0 Å². The van der Waals surface area contributed by atoms with Crippen molar-refractivity contribution in [2.24, 2.45) is 5.92 Å². The standard InChI is InChI=1S/C22H33N3O3/c26-21(17-7-11-24(12-8-17)22(27)18-10-14-28-16-18)23-19-9-13-25(15-19)20-5-3-1-2-4-6-20/h10,14,16-17,19-20H,1-9,11-13,15H2,(H,23,26). The monoisotopic (exact) mass is 387 g/mol. The molecular formula is C22H33N3O3. The van der Waals surface area contributed by atoms with Gasteiger partial charge in [-0.1, -0.05) is 25.7 Å². The van der Waals surface area contributed by atoms with Crippen LogP contribution in [-0.2, 0) is 4.79 Å². The van der Waals surface area contributed by atoms with Crippen LogP contribution in [0.3, 0.4) is 0 Å². The molecular weight excluding hydrogens is 354 g/mol. The largest absolute Gasteiger partial charge is 0.472 e. The molecule has 1 aliphatic carbocycles. The van der Waals surface area contributed by atoms with Crippen LogP contribution in [-0.4, -0.2) is 59.9 Å². The Balaban J connectivity index is 1.21. The molecule has 154 valence electrons. The molecule has 0 bridgehead atoms. The summed E-state index contributed by atoms with van der Waals surface area (Å²) < 4.78 is 5.00. The molecule has 1 unspecified atom stereocenters. The summed E-state index contributed by atoms with van der Waals surface area (Å²) in [5, 5.41) is 3.31. The van der Waals surface area contributed by atoms with Crippen molar-refractivity contribution in [1.29, 1.82) is 0 Å².